The molecule has 2 rings (SSSR count). The van der Waals surface area contributed by atoms with Crippen LogP contribution in [0, 0.1) is 0 Å². The summed E-state index contributed by atoms with van der Waals surface area (Å²) >= 11 is 1.66. The van der Waals surface area contributed by atoms with E-state index in [1.54, 1.807) is 11.8 Å². The van der Waals surface area contributed by atoms with Crippen molar-refractivity contribution in [3.05, 3.63) is 29.3 Å². The molecule has 62 valence electrons. The molecule has 1 heterocycles. The first-order valence-corrected chi connectivity index (χ1v) is 4.99. The monoisotopic (exact) mass is 179 g/mol. The lowest BCUT2D eigenvalue weighted by Crippen LogP contribution is -2.12. The number of carbonyl (C=O) groups is 1. The summed E-state index contributed by atoms with van der Waals surface area (Å²) in [4.78, 5) is 12.4. The second-order valence-electron chi connectivity index (χ2n) is 2.71. The minimum absolute atomic E-state index is 0.0564. The first-order valence-electron chi connectivity index (χ1n) is 3.76. The van der Waals surface area contributed by atoms with E-state index in [1.165, 1.54) is 0 Å². The largest absolute Gasteiger partial charge is 0.348 e. The molecule has 0 unspecified atom stereocenters. The lowest BCUT2D eigenvalue weighted by atomic mass is 10.1. The van der Waals surface area contributed by atoms with Gasteiger partial charge in [0, 0.05) is 17.0 Å². The van der Waals surface area contributed by atoms with Gasteiger partial charge in [-0.1, -0.05) is 6.07 Å². The van der Waals surface area contributed by atoms with E-state index in [0.717, 1.165) is 16.0 Å². The fourth-order valence-corrected chi connectivity index (χ4v) is 1.76. The van der Waals surface area contributed by atoms with Crippen LogP contribution < -0.4 is 5.32 Å². The van der Waals surface area contributed by atoms with E-state index in [0.29, 0.717) is 6.54 Å². The van der Waals surface area contributed by atoms with Crippen LogP contribution >= 0.6 is 11.8 Å². The van der Waals surface area contributed by atoms with Crippen LogP contribution in [-0.2, 0) is 6.54 Å². The zero-order valence-electron chi connectivity index (χ0n) is 6.76. The Bertz CT molecular complexity index is 335. The fourth-order valence-electron chi connectivity index (χ4n) is 1.32. The predicted octanol–water partition coefficient (Wildman–Crippen LogP) is 1.65. The number of hydrogen-bond acceptors (Lipinski definition) is 2. The Morgan fingerprint density at radius 3 is 3.08 bits per heavy atom. The maximum absolute atomic E-state index is 11.2. The zero-order chi connectivity index (χ0) is 8.55. The van der Waals surface area contributed by atoms with Gasteiger partial charge in [0.1, 0.15) is 0 Å². The molecular formula is C9H9NOS. The summed E-state index contributed by atoms with van der Waals surface area (Å²) in [6.07, 6.45) is 2.01. The molecule has 0 bridgehead atoms. The van der Waals surface area contributed by atoms with E-state index >= 15 is 0 Å². The molecular weight excluding hydrogens is 170 g/mol. The minimum Gasteiger partial charge on any atom is -0.348 e. The second kappa shape index (κ2) is 2.83. The van der Waals surface area contributed by atoms with E-state index in [2.05, 4.69) is 5.32 Å². The van der Waals surface area contributed by atoms with Crippen molar-refractivity contribution >= 4 is 17.7 Å². The molecule has 1 amide bonds. The molecule has 1 aliphatic rings. The van der Waals surface area contributed by atoms with Crippen LogP contribution in [-0.4, -0.2) is 12.2 Å². The van der Waals surface area contributed by atoms with Gasteiger partial charge in [0.15, 0.2) is 0 Å². The molecule has 1 aromatic rings. The molecule has 3 heteroatoms. The third kappa shape index (κ3) is 1.10. The maximum atomic E-state index is 11.2. The Morgan fingerprint density at radius 2 is 2.33 bits per heavy atom. The van der Waals surface area contributed by atoms with Gasteiger partial charge in [0.05, 0.1) is 0 Å². The Kier molecular flexibility index (Phi) is 1.81. The first kappa shape index (κ1) is 7.68. The van der Waals surface area contributed by atoms with Gasteiger partial charge >= 0.3 is 0 Å². The van der Waals surface area contributed by atoms with Crippen molar-refractivity contribution in [1.29, 1.82) is 0 Å². The third-order valence-corrected chi connectivity index (χ3v) is 2.73. The highest BCUT2D eigenvalue weighted by atomic mass is 32.2. The number of hydrogen-bond donors (Lipinski definition) is 1. The van der Waals surface area contributed by atoms with Crippen molar-refractivity contribution in [3.8, 4) is 0 Å². The summed E-state index contributed by atoms with van der Waals surface area (Å²) in [7, 11) is 0. The zero-order valence-corrected chi connectivity index (χ0v) is 7.57. The topological polar surface area (TPSA) is 29.1 Å². The van der Waals surface area contributed by atoms with Gasteiger partial charge in [-0.05, 0) is 24.0 Å². The fraction of sp³-hybridized carbons (Fsp3) is 0.222. The van der Waals surface area contributed by atoms with Crippen molar-refractivity contribution in [1.82, 2.24) is 5.32 Å². The smallest absolute Gasteiger partial charge is 0.251 e. The molecule has 0 aromatic heterocycles. The predicted molar refractivity (Wildman–Crippen MR) is 49.4 cm³/mol. The van der Waals surface area contributed by atoms with Gasteiger partial charge in [-0.15, -0.1) is 11.8 Å². The normalized spacial score (nSPS) is 14.2. The van der Waals surface area contributed by atoms with Crippen LogP contribution in [0.25, 0.3) is 0 Å². The molecule has 0 aliphatic carbocycles. The Morgan fingerprint density at radius 1 is 1.50 bits per heavy atom. The Hall–Kier alpha value is -0.960. The van der Waals surface area contributed by atoms with Gasteiger partial charge in [0.2, 0.25) is 0 Å². The average Bonchev–Trinajstić information content (AvgIpc) is 2.47. The van der Waals surface area contributed by atoms with Crippen LogP contribution in [0.3, 0.4) is 0 Å². The average molecular weight is 179 g/mol. The SMILES string of the molecule is CSc1ccc2c(c1)C(=O)NC2. The standard InChI is InChI=1S/C9H9NOS/c1-12-7-3-2-6-5-10-9(11)8(6)4-7/h2-4H,5H2,1H3,(H,10,11). The van der Waals surface area contributed by atoms with Crippen LogP contribution in [0.1, 0.15) is 15.9 Å². The molecule has 1 aromatic carbocycles. The van der Waals surface area contributed by atoms with Crippen LogP contribution in [0.15, 0.2) is 23.1 Å². The summed E-state index contributed by atoms with van der Waals surface area (Å²) in [6, 6.07) is 6.01. The quantitative estimate of drug-likeness (QED) is 0.664. The lowest BCUT2D eigenvalue weighted by Gasteiger charge is -1.98. The summed E-state index contributed by atoms with van der Waals surface area (Å²) in [6.45, 7) is 0.683. The van der Waals surface area contributed by atoms with Gasteiger partial charge in [-0.3, -0.25) is 4.79 Å². The second-order valence-corrected chi connectivity index (χ2v) is 3.59. The van der Waals surface area contributed by atoms with Crippen LogP contribution in [0.4, 0.5) is 0 Å². The molecule has 0 fully saturated rings. The van der Waals surface area contributed by atoms with E-state index in [-0.39, 0.29) is 5.91 Å². The number of rotatable bonds is 1. The summed E-state index contributed by atoms with van der Waals surface area (Å²) in [5, 5.41) is 2.79. The van der Waals surface area contributed by atoms with Crippen molar-refractivity contribution in [2.75, 3.05) is 6.26 Å². The van der Waals surface area contributed by atoms with Crippen molar-refractivity contribution < 1.29 is 4.79 Å². The molecule has 1 aliphatic heterocycles. The molecule has 2 nitrogen and oxygen atoms in total. The molecule has 1 N–H and O–H groups in total. The van der Waals surface area contributed by atoms with Crippen molar-refractivity contribution in [2.24, 2.45) is 0 Å². The van der Waals surface area contributed by atoms with Gasteiger partial charge < -0.3 is 5.32 Å². The number of carbonyl (C=O) groups excluding carboxylic acids is 1. The number of thioether (sulfide) groups is 1. The lowest BCUT2D eigenvalue weighted by molar-refractivity contribution is 0.0965. The first-order chi connectivity index (χ1) is 5.81. The molecule has 0 radical (unpaired) electrons. The molecule has 12 heavy (non-hydrogen) atoms. The van der Waals surface area contributed by atoms with E-state index in [1.807, 2.05) is 24.5 Å². The number of benzene rings is 1. The van der Waals surface area contributed by atoms with Crippen molar-refractivity contribution in [2.45, 2.75) is 11.4 Å². The summed E-state index contributed by atoms with van der Waals surface area (Å²) < 4.78 is 0. The summed E-state index contributed by atoms with van der Waals surface area (Å²) in [5.41, 5.74) is 1.94. The molecule has 0 saturated carbocycles. The van der Waals surface area contributed by atoms with Crippen LogP contribution in [0.2, 0.25) is 0 Å². The Balaban J connectivity index is 2.50. The molecule has 0 saturated heterocycles. The number of amides is 1. The third-order valence-electron chi connectivity index (χ3n) is 2.00. The van der Waals surface area contributed by atoms with E-state index in [9.17, 15) is 4.79 Å². The van der Waals surface area contributed by atoms with Gasteiger partial charge in [-0.2, -0.15) is 0 Å². The van der Waals surface area contributed by atoms with E-state index in [4.69, 9.17) is 0 Å². The Labute approximate surface area is 75.4 Å². The maximum Gasteiger partial charge on any atom is 0.251 e. The molecule has 0 spiro atoms. The minimum atomic E-state index is 0.0564. The van der Waals surface area contributed by atoms with Crippen LogP contribution in [0.5, 0.6) is 0 Å². The van der Waals surface area contributed by atoms with Gasteiger partial charge in [0.25, 0.3) is 5.91 Å². The molecule has 0 atom stereocenters. The summed E-state index contributed by atoms with van der Waals surface area (Å²) in [5.74, 6) is 0.0564. The van der Waals surface area contributed by atoms with Gasteiger partial charge in [-0.25, -0.2) is 0 Å². The highest BCUT2D eigenvalue weighted by Gasteiger charge is 2.17. The number of fused-ring (bicyclic) bond motifs is 1. The van der Waals surface area contributed by atoms with Crippen molar-refractivity contribution in [3.63, 3.8) is 0 Å². The number of nitrogens with one attached hydrogen (secondary N) is 1. The highest BCUT2D eigenvalue weighted by Crippen LogP contribution is 2.22. The van der Waals surface area contributed by atoms with E-state index < -0.39 is 0 Å². The highest BCUT2D eigenvalue weighted by molar-refractivity contribution is 7.98.